The molecular formula is C26H20ClFN4O3. The Kier molecular flexibility index (Phi) is 5.11. The lowest BCUT2D eigenvalue weighted by atomic mass is 9.84. The number of hydrogen-bond donors (Lipinski definition) is 1. The molecule has 1 aromatic heterocycles. The highest BCUT2D eigenvalue weighted by atomic mass is 35.5. The average Bonchev–Trinajstić information content (AvgIpc) is 3.36. The van der Waals surface area contributed by atoms with E-state index >= 15 is 0 Å². The number of hydrogen-bond acceptors (Lipinski definition) is 6. The Labute approximate surface area is 205 Å². The molecule has 0 saturated carbocycles. The fourth-order valence-corrected chi connectivity index (χ4v) is 4.83. The van der Waals surface area contributed by atoms with Gasteiger partial charge in [0.1, 0.15) is 30.0 Å². The summed E-state index contributed by atoms with van der Waals surface area (Å²) in [4.78, 5) is 4.43. The van der Waals surface area contributed by atoms with Gasteiger partial charge in [0.05, 0.1) is 24.9 Å². The highest BCUT2D eigenvalue weighted by molar-refractivity contribution is 6.30. The van der Waals surface area contributed by atoms with E-state index in [1.54, 1.807) is 31.0 Å². The first kappa shape index (κ1) is 21.5. The largest absolute Gasteiger partial charge is 0.493 e. The number of benzene rings is 3. The first-order chi connectivity index (χ1) is 17.1. The van der Waals surface area contributed by atoms with E-state index in [1.807, 2.05) is 42.5 Å². The third-order valence-electron chi connectivity index (χ3n) is 6.29. The number of nitrogens with zero attached hydrogens (tertiary/aromatic N) is 3. The second kappa shape index (κ2) is 8.32. The molecule has 0 fully saturated rings. The number of fused-ring (bicyclic) bond motifs is 3. The van der Waals surface area contributed by atoms with Gasteiger partial charge in [-0.05, 0) is 47.5 Å². The van der Waals surface area contributed by atoms with Gasteiger partial charge in [-0.3, -0.25) is 0 Å². The van der Waals surface area contributed by atoms with Crippen LogP contribution in [0.2, 0.25) is 5.02 Å². The minimum absolute atomic E-state index is 0.0518. The van der Waals surface area contributed by atoms with Crippen LogP contribution in [0.5, 0.6) is 17.2 Å². The molecule has 2 aliphatic rings. The number of anilines is 1. The number of ether oxygens (including phenoxy) is 3. The van der Waals surface area contributed by atoms with E-state index in [-0.39, 0.29) is 5.02 Å². The summed E-state index contributed by atoms with van der Waals surface area (Å²) in [6, 6.07) is 17.7. The van der Waals surface area contributed by atoms with Crippen molar-refractivity contribution in [2.75, 3.05) is 19.5 Å². The number of nitrogens with one attached hydrogen (secondary N) is 1. The molecule has 4 aromatic rings. The van der Waals surface area contributed by atoms with E-state index in [0.29, 0.717) is 28.8 Å². The predicted molar refractivity (Wildman–Crippen MR) is 129 cm³/mol. The van der Waals surface area contributed by atoms with Crippen molar-refractivity contribution in [3.63, 3.8) is 0 Å². The third kappa shape index (κ3) is 3.40. The number of aromatic nitrogens is 3. The minimum atomic E-state index is -0.616. The summed E-state index contributed by atoms with van der Waals surface area (Å²) in [5.41, 5.74) is 4.09. The van der Waals surface area contributed by atoms with Gasteiger partial charge in [0.15, 0.2) is 11.5 Å². The van der Waals surface area contributed by atoms with E-state index in [1.165, 1.54) is 12.4 Å². The standard InChI is InChI=1S/C26H20ClFN4O3/c1-33-20-10-8-14(12-21(20)34-2)24-22-23(31-26-29-13-30-32(24)26)16-5-3-4-6-19(16)35-25(22)15-7-9-17(27)18(28)11-15/h3-13,24-25H,1-2H3,(H,29,30,31). The molecule has 1 N–H and O–H groups in total. The number of rotatable bonds is 4. The lowest BCUT2D eigenvalue weighted by Crippen LogP contribution is -2.32. The van der Waals surface area contributed by atoms with Crippen LogP contribution < -0.4 is 19.5 Å². The van der Waals surface area contributed by atoms with Crippen LogP contribution in [0.4, 0.5) is 10.3 Å². The molecule has 176 valence electrons. The van der Waals surface area contributed by atoms with Crippen LogP contribution >= 0.6 is 11.6 Å². The van der Waals surface area contributed by atoms with Crippen molar-refractivity contribution < 1.29 is 18.6 Å². The molecule has 0 bridgehead atoms. The van der Waals surface area contributed by atoms with Crippen LogP contribution in [0.1, 0.15) is 28.8 Å². The van der Waals surface area contributed by atoms with E-state index in [9.17, 15) is 4.39 Å². The summed E-state index contributed by atoms with van der Waals surface area (Å²) >= 11 is 5.99. The first-order valence-electron chi connectivity index (χ1n) is 10.9. The molecule has 35 heavy (non-hydrogen) atoms. The van der Waals surface area contributed by atoms with Crippen LogP contribution in [-0.2, 0) is 0 Å². The van der Waals surface area contributed by atoms with Crippen molar-refractivity contribution >= 4 is 23.2 Å². The van der Waals surface area contributed by atoms with Crippen LogP contribution in [0, 0.1) is 5.82 Å². The lowest BCUT2D eigenvalue weighted by molar-refractivity contribution is 0.222. The molecule has 3 heterocycles. The Hall–Kier alpha value is -4.04. The van der Waals surface area contributed by atoms with Gasteiger partial charge in [0.2, 0.25) is 5.95 Å². The van der Waals surface area contributed by atoms with Crippen LogP contribution in [-0.4, -0.2) is 29.0 Å². The monoisotopic (exact) mass is 490 g/mol. The summed E-state index contributed by atoms with van der Waals surface area (Å²) in [5.74, 6) is 1.94. The van der Waals surface area contributed by atoms with Gasteiger partial charge in [-0.2, -0.15) is 10.1 Å². The van der Waals surface area contributed by atoms with Crippen molar-refractivity contribution in [2.45, 2.75) is 12.1 Å². The second-order valence-electron chi connectivity index (χ2n) is 8.17. The smallest absolute Gasteiger partial charge is 0.226 e. The maximum Gasteiger partial charge on any atom is 0.226 e. The Balaban J connectivity index is 1.62. The zero-order valence-corrected chi connectivity index (χ0v) is 19.6. The zero-order chi connectivity index (χ0) is 24.1. The zero-order valence-electron chi connectivity index (χ0n) is 18.8. The first-order valence-corrected chi connectivity index (χ1v) is 11.3. The van der Waals surface area contributed by atoms with Gasteiger partial charge in [0.25, 0.3) is 0 Å². The normalized spacial score (nSPS) is 18.1. The van der Waals surface area contributed by atoms with Crippen molar-refractivity contribution in [2.24, 2.45) is 0 Å². The number of halogens is 2. The van der Waals surface area contributed by atoms with Crippen LogP contribution in [0.15, 0.2) is 72.6 Å². The highest BCUT2D eigenvalue weighted by Gasteiger charge is 2.41. The van der Waals surface area contributed by atoms with Gasteiger partial charge in [-0.15, -0.1) is 0 Å². The molecule has 2 aliphatic heterocycles. The molecule has 0 amide bonds. The summed E-state index contributed by atoms with van der Waals surface area (Å²) in [6.45, 7) is 0. The summed E-state index contributed by atoms with van der Waals surface area (Å²) in [5, 5.41) is 7.98. The van der Waals surface area contributed by atoms with Crippen molar-refractivity contribution in [1.29, 1.82) is 0 Å². The van der Waals surface area contributed by atoms with Crippen LogP contribution in [0.3, 0.4) is 0 Å². The molecule has 6 rings (SSSR count). The van der Waals surface area contributed by atoms with Gasteiger partial charge in [0, 0.05) is 11.1 Å². The van der Waals surface area contributed by atoms with Crippen molar-refractivity contribution in [3.05, 3.63) is 100 Å². The Bertz CT molecular complexity index is 1490. The minimum Gasteiger partial charge on any atom is -0.493 e. The molecular weight excluding hydrogens is 471 g/mol. The summed E-state index contributed by atoms with van der Waals surface area (Å²) in [6.07, 6.45) is 0.882. The fourth-order valence-electron chi connectivity index (χ4n) is 4.71. The molecule has 7 nitrogen and oxygen atoms in total. The van der Waals surface area contributed by atoms with Crippen LogP contribution in [0.25, 0.3) is 5.70 Å². The molecule has 3 aromatic carbocycles. The van der Waals surface area contributed by atoms with Crippen molar-refractivity contribution in [3.8, 4) is 17.2 Å². The second-order valence-corrected chi connectivity index (χ2v) is 8.58. The van der Waals surface area contributed by atoms with E-state index < -0.39 is 18.0 Å². The van der Waals surface area contributed by atoms with Gasteiger partial charge in [-0.1, -0.05) is 35.9 Å². The lowest BCUT2D eigenvalue weighted by Gasteiger charge is -2.39. The van der Waals surface area contributed by atoms with Crippen molar-refractivity contribution in [1.82, 2.24) is 14.8 Å². The molecule has 9 heteroatoms. The van der Waals surface area contributed by atoms with Gasteiger partial charge >= 0.3 is 0 Å². The maximum absolute atomic E-state index is 14.6. The molecule has 0 saturated heterocycles. The number of para-hydroxylation sites is 1. The van der Waals surface area contributed by atoms with E-state index in [4.69, 9.17) is 25.8 Å². The van der Waals surface area contributed by atoms with E-state index in [2.05, 4.69) is 15.4 Å². The molecule has 0 radical (unpaired) electrons. The Morgan fingerprint density at radius 2 is 1.80 bits per heavy atom. The fraction of sp³-hybridized carbons (Fsp3) is 0.154. The SMILES string of the molecule is COc1ccc(C2C3=C(Nc4ncnn42)c2ccccc2OC3c2ccc(Cl)c(F)c2)cc1OC. The van der Waals surface area contributed by atoms with Gasteiger partial charge < -0.3 is 19.5 Å². The summed E-state index contributed by atoms with van der Waals surface area (Å²) < 4.78 is 33.9. The molecule has 0 aliphatic carbocycles. The number of methoxy groups -OCH3 is 2. The third-order valence-corrected chi connectivity index (χ3v) is 6.60. The topological polar surface area (TPSA) is 70.4 Å². The van der Waals surface area contributed by atoms with Gasteiger partial charge in [-0.25, -0.2) is 9.07 Å². The Morgan fingerprint density at radius 3 is 2.60 bits per heavy atom. The predicted octanol–water partition coefficient (Wildman–Crippen LogP) is 5.65. The Morgan fingerprint density at radius 1 is 1.00 bits per heavy atom. The average molecular weight is 491 g/mol. The highest BCUT2D eigenvalue weighted by Crippen LogP contribution is 2.51. The summed E-state index contributed by atoms with van der Waals surface area (Å²) in [7, 11) is 3.18. The molecule has 0 spiro atoms. The maximum atomic E-state index is 14.6. The molecule has 2 atom stereocenters. The van der Waals surface area contributed by atoms with E-state index in [0.717, 1.165) is 22.4 Å². The molecule has 2 unspecified atom stereocenters. The quantitative estimate of drug-likeness (QED) is 0.399.